The Hall–Kier alpha value is -1.19. The Labute approximate surface area is 116 Å². The molecule has 1 N–H and O–H groups in total. The Bertz CT molecular complexity index is 448. The molecule has 0 saturated carbocycles. The van der Waals surface area contributed by atoms with Crippen LogP contribution in [0.4, 0.5) is 0 Å². The van der Waals surface area contributed by atoms with E-state index in [1.807, 2.05) is 25.1 Å². The Balaban J connectivity index is 2.10. The molecule has 0 aromatic heterocycles. The van der Waals surface area contributed by atoms with E-state index in [4.69, 9.17) is 0 Å². The molecule has 1 aliphatic heterocycles. The quantitative estimate of drug-likeness (QED) is 0.845. The van der Waals surface area contributed by atoms with Gasteiger partial charge in [-0.05, 0) is 50.9 Å². The van der Waals surface area contributed by atoms with Gasteiger partial charge in [0, 0.05) is 25.2 Å². The van der Waals surface area contributed by atoms with Crippen molar-refractivity contribution >= 4 is 5.78 Å². The first-order chi connectivity index (χ1) is 9.09. The molecule has 0 aliphatic carbocycles. The average molecular weight is 260 g/mol. The van der Waals surface area contributed by atoms with Gasteiger partial charge in [0.05, 0.1) is 6.04 Å². The van der Waals surface area contributed by atoms with Crippen LogP contribution in [0.5, 0.6) is 0 Å². The van der Waals surface area contributed by atoms with Crippen LogP contribution in [0.15, 0.2) is 18.2 Å². The molecule has 2 rings (SSSR count). The van der Waals surface area contributed by atoms with Gasteiger partial charge in [0.15, 0.2) is 5.78 Å². The molecule has 1 saturated heterocycles. The monoisotopic (exact) mass is 260 g/mol. The molecule has 0 spiro atoms. The molecule has 0 bridgehead atoms. The number of Topliss-reactive ketones (excluding diaryl/α,β-unsaturated/α-hetero) is 1. The molecule has 1 aromatic rings. The minimum Gasteiger partial charge on any atom is -0.315 e. The van der Waals surface area contributed by atoms with Gasteiger partial charge in [-0.1, -0.05) is 12.1 Å². The number of carbonyl (C=O) groups excluding carboxylic acids is 1. The molecule has 0 radical (unpaired) electrons. The highest BCUT2D eigenvalue weighted by molar-refractivity contribution is 6.00. The van der Waals surface area contributed by atoms with E-state index in [0.29, 0.717) is 0 Å². The second-order valence-electron chi connectivity index (χ2n) is 5.48. The first kappa shape index (κ1) is 14.2. The van der Waals surface area contributed by atoms with Crippen molar-refractivity contribution in [1.82, 2.24) is 10.2 Å². The summed E-state index contributed by atoms with van der Waals surface area (Å²) in [5.74, 6) is 0.241. The lowest BCUT2D eigenvalue weighted by Crippen LogP contribution is -2.41. The van der Waals surface area contributed by atoms with Crippen LogP contribution in [0.3, 0.4) is 0 Å². The van der Waals surface area contributed by atoms with Crippen LogP contribution in [0.25, 0.3) is 0 Å². The molecule has 1 heterocycles. The van der Waals surface area contributed by atoms with Gasteiger partial charge in [-0.3, -0.25) is 9.69 Å². The van der Waals surface area contributed by atoms with E-state index >= 15 is 0 Å². The second kappa shape index (κ2) is 6.31. The predicted octanol–water partition coefficient (Wildman–Crippen LogP) is 2.17. The highest BCUT2D eigenvalue weighted by Crippen LogP contribution is 2.14. The first-order valence-corrected chi connectivity index (χ1v) is 7.16. The maximum atomic E-state index is 12.6. The van der Waals surface area contributed by atoms with Crippen molar-refractivity contribution in [3.05, 3.63) is 34.9 Å². The van der Waals surface area contributed by atoms with Crippen molar-refractivity contribution < 1.29 is 4.79 Å². The number of nitrogens with zero attached hydrogens (tertiary/aromatic N) is 1. The Morgan fingerprint density at radius 1 is 1.21 bits per heavy atom. The van der Waals surface area contributed by atoms with Crippen LogP contribution in [0.1, 0.15) is 34.8 Å². The van der Waals surface area contributed by atoms with Gasteiger partial charge in [0.25, 0.3) is 0 Å². The lowest BCUT2D eigenvalue weighted by atomic mass is 9.99. The number of nitrogens with one attached hydrogen (secondary N) is 1. The summed E-state index contributed by atoms with van der Waals surface area (Å²) in [6, 6.07) is 5.99. The molecule has 1 unspecified atom stereocenters. The largest absolute Gasteiger partial charge is 0.315 e. The number of benzene rings is 1. The minimum absolute atomic E-state index is 0.0259. The predicted molar refractivity (Wildman–Crippen MR) is 78.8 cm³/mol. The topological polar surface area (TPSA) is 32.3 Å². The third-order valence-corrected chi connectivity index (χ3v) is 4.09. The molecule has 1 aromatic carbocycles. The molecule has 3 nitrogen and oxygen atoms in total. The SMILES string of the molecule is Cc1ccc(C(=O)C(C)N2CCCNCC2)cc1C. The molecule has 1 fully saturated rings. The van der Waals surface area contributed by atoms with E-state index in [0.717, 1.165) is 38.2 Å². The zero-order chi connectivity index (χ0) is 13.8. The fourth-order valence-corrected chi connectivity index (χ4v) is 2.56. The van der Waals surface area contributed by atoms with Crippen molar-refractivity contribution in [2.75, 3.05) is 26.2 Å². The van der Waals surface area contributed by atoms with Crippen molar-refractivity contribution in [1.29, 1.82) is 0 Å². The summed E-state index contributed by atoms with van der Waals surface area (Å²) in [7, 11) is 0. The molecule has 104 valence electrons. The van der Waals surface area contributed by atoms with Gasteiger partial charge >= 0.3 is 0 Å². The Kier molecular flexibility index (Phi) is 4.72. The summed E-state index contributed by atoms with van der Waals surface area (Å²) < 4.78 is 0. The molecule has 1 atom stereocenters. The van der Waals surface area contributed by atoms with Crippen molar-refractivity contribution in [3.8, 4) is 0 Å². The zero-order valence-electron chi connectivity index (χ0n) is 12.2. The average Bonchev–Trinajstić information content (AvgIpc) is 2.69. The summed E-state index contributed by atoms with van der Waals surface area (Å²) in [5, 5.41) is 3.37. The van der Waals surface area contributed by atoms with E-state index in [2.05, 4.69) is 24.1 Å². The van der Waals surface area contributed by atoms with E-state index < -0.39 is 0 Å². The molecule has 3 heteroatoms. The van der Waals surface area contributed by atoms with Gasteiger partial charge in [-0.15, -0.1) is 0 Å². The molecule has 0 amide bonds. The van der Waals surface area contributed by atoms with Crippen LogP contribution in [-0.2, 0) is 0 Å². The fourth-order valence-electron chi connectivity index (χ4n) is 2.56. The first-order valence-electron chi connectivity index (χ1n) is 7.16. The number of aryl methyl sites for hydroxylation is 2. The van der Waals surface area contributed by atoms with Crippen molar-refractivity contribution in [2.45, 2.75) is 33.2 Å². The van der Waals surface area contributed by atoms with Crippen LogP contribution in [0.2, 0.25) is 0 Å². The summed E-state index contributed by atoms with van der Waals surface area (Å²) >= 11 is 0. The van der Waals surface area contributed by atoms with Gasteiger partial charge in [0.2, 0.25) is 0 Å². The van der Waals surface area contributed by atoms with Crippen molar-refractivity contribution in [3.63, 3.8) is 0 Å². The molecular weight excluding hydrogens is 236 g/mol. The zero-order valence-corrected chi connectivity index (χ0v) is 12.2. The lowest BCUT2D eigenvalue weighted by Gasteiger charge is -2.26. The van der Waals surface area contributed by atoms with E-state index in [1.165, 1.54) is 11.1 Å². The van der Waals surface area contributed by atoms with Gasteiger partial charge in [-0.25, -0.2) is 0 Å². The molecular formula is C16H24N2O. The fraction of sp³-hybridized carbons (Fsp3) is 0.562. The highest BCUT2D eigenvalue weighted by Gasteiger charge is 2.23. The van der Waals surface area contributed by atoms with Gasteiger partial charge < -0.3 is 5.32 Å². The highest BCUT2D eigenvalue weighted by atomic mass is 16.1. The maximum Gasteiger partial charge on any atom is 0.179 e. The standard InChI is InChI=1S/C16H24N2O/c1-12-5-6-15(11-13(12)2)16(19)14(3)18-9-4-7-17-8-10-18/h5-6,11,14,17H,4,7-10H2,1-3H3. The van der Waals surface area contributed by atoms with Crippen LogP contribution < -0.4 is 5.32 Å². The third-order valence-electron chi connectivity index (χ3n) is 4.09. The Morgan fingerprint density at radius 2 is 2.00 bits per heavy atom. The summed E-state index contributed by atoms with van der Waals surface area (Å²) in [6.07, 6.45) is 1.12. The van der Waals surface area contributed by atoms with E-state index in [9.17, 15) is 4.79 Å². The lowest BCUT2D eigenvalue weighted by molar-refractivity contribution is 0.0846. The van der Waals surface area contributed by atoms with Crippen LogP contribution >= 0.6 is 0 Å². The number of rotatable bonds is 3. The van der Waals surface area contributed by atoms with E-state index in [-0.39, 0.29) is 11.8 Å². The summed E-state index contributed by atoms with van der Waals surface area (Å²) in [6.45, 7) is 10.2. The van der Waals surface area contributed by atoms with Gasteiger partial charge in [0.1, 0.15) is 0 Å². The summed E-state index contributed by atoms with van der Waals surface area (Å²) in [4.78, 5) is 14.8. The van der Waals surface area contributed by atoms with Gasteiger partial charge in [-0.2, -0.15) is 0 Å². The molecule has 19 heavy (non-hydrogen) atoms. The number of hydrogen-bond acceptors (Lipinski definition) is 3. The maximum absolute atomic E-state index is 12.6. The van der Waals surface area contributed by atoms with Crippen LogP contribution in [0, 0.1) is 13.8 Å². The Morgan fingerprint density at radius 3 is 2.74 bits per heavy atom. The number of hydrogen-bond donors (Lipinski definition) is 1. The second-order valence-corrected chi connectivity index (χ2v) is 5.48. The van der Waals surface area contributed by atoms with E-state index in [1.54, 1.807) is 0 Å². The number of carbonyl (C=O) groups is 1. The smallest absolute Gasteiger partial charge is 0.179 e. The normalized spacial score (nSPS) is 18.9. The van der Waals surface area contributed by atoms with Crippen molar-refractivity contribution in [2.24, 2.45) is 0 Å². The number of ketones is 1. The third kappa shape index (κ3) is 3.43. The minimum atomic E-state index is -0.0259. The summed E-state index contributed by atoms with van der Waals surface area (Å²) in [5.41, 5.74) is 3.27. The van der Waals surface area contributed by atoms with Crippen LogP contribution in [-0.4, -0.2) is 42.9 Å². The molecule has 1 aliphatic rings.